The van der Waals surface area contributed by atoms with Gasteiger partial charge in [-0.25, -0.2) is 8.42 Å². The molecule has 0 spiro atoms. The van der Waals surface area contributed by atoms with Crippen molar-refractivity contribution in [3.63, 3.8) is 0 Å². The lowest BCUT2D eigenvalue weighted by atomic mass is 10.1. The quantitative estimate of drug-likeness (QED) is 0.853. The van der Waals surface area contributed by atoms with Crippen LogP contribution < -0.4 is 0 Å². The number of alkyl halides is 1. The zero-order valence-corrected chi connectivity index (χ0v) is 9.99. The summed E-state index contributed by atoms with van der Waals surface area (Å²) in [5.41, 5.74) is 0.583. The fourth-order valence-electron chi connectivity index (χ4n) is 1.04. The van der Waals surface area contributed by atoms with E-state index in [0.717, 1.165) is 6.26 Å². The van der Waals surface area contributed by atoms with Crippen molar-refractivity contribution in [1.82, 2.24) is 0 Å². The Morgan fingerprint density at radius 1 is 1.29 bits per heavy atom. The summed E-state index contributed by atoms with van der Waals surface area (Å²) in [5.74, 6) is 0. The number of hydrogen-bond acceptors (Lipinski definition) is 3. The van der Waals surface area contributed by atoms with Crippen LogP contribution in [0, 0.1) is 0 Å². The molecule has 1 aromatic rings. The third kappa shape index (κ3) is 2.80. The van der Waals surface area contributed by atoms with Gasteiger partial charge in [-0.2, -0.15) is 0 Å². The minimum Gasteiger partial charge on any atom is -0.386 e. The number of hydrogen-bond donors (Lipinski definition) is 1. The maximum atomic E-state index is 11.1. The van der Waals surface area contributed by atoms with Crippen molar-refractivity contribution in [1.29, 1.82) is 0 Å². The molecule has 0 aliphatic heterocycles. The van der Waals surface area contributed by atoms with Crippen LogP contribution in [0.25, 0.3) is 0 Å². The van der Waals surface area contributed by atoms with E-state index < -0.39 is 20.1 Å². The van der Waals surface area contributed by atoms with Crippen molar-refractivity contribution >= 4 is 25.8 Å². The van der Waals surface area contributed by atoms with Crippen LogP contribution in [0.4, 0.5) is 0 Å². The van der Waals surface area contributed by atoms with E-state index in [1.54, 1.807) is 30.3 Å². The lowest BCUT2D eigenvalue weighted by Gasteiger charge is -2.15. The molecule has 0 saturated heterocycles. The average Bonchev–Trinajstić information content (AvgIpc) is 2.15. The number of aliphatic hydroxyl groups excluding tert-OH is 1. The summed E-state index contributed by atoms with van der Waals surface area (Å²) in [7, 11) is -3.28. The zero-order valence-electron chi connectivity index (χ0n) is 7.59. The molecule has 0 radical (unpaired) electrons. The van der Waals surface area contributed by atoms with E-state index in [9.17, 15) is 13.5 Å². The Kier molecular flexibility index (Phi) is 3.69. The van der Waals surface area contributed by atoms with Crippen molar-refractivity contribution < 1.29 is 13.5 Å². The third-order valence-corrected chi connectivity index (χ3v) is 5.41. The summed E-state index contributed by atoms with van der Waals surface area (Å²) in [5, 5.41) is 9.70. The van der Waals surface area contributed by atoms with Gasteiger partial charge in [0.2, 0.25) is 0 Å². The highest BCUT2D eigenvalue weighted by molar-refractivity contribution is 9.11. The fourth-order valence-corrected chi connectivity index (χ4v) is 1.97. The molecule has 1 N–H and O–H groups in total. The Morgan fingerprint density at radius 3 is 2.21 bits per heavy atom. The molecule has 0 bridgehead atoms. The summed E-state index contributed by atoms with van der Waals surface area (Å²) in [6.45, 7) is 0. The Balaban J connectivity index is 2.92. The van der Waals surface area contributed by atoms with E-state index in [1.807, 2.05) is 0 Å². The van der Waals surface area contributed by atoms with Gasteiger partial charge < -0.3 is 5.11 Å². The largest absolute Gasteiger partial charge is 0.386 e. The smallest absolute Gasteiger partial charge is 0.163 e. The van der Waals surface area contributed by atoms with Crippen LogP contribution in [0.1, 0.15) is 11.7 Å². The molecular formula is C9H11BrO3S. The third-order valence-electron chi connectivity index (χ3n) is 1.80. The minimum absolute atomic E-state index is 0.583. The molecule has 78 valence electrons. The summed E-state index contributed by atoms with van der Waals surface area (Å²) >= 11 is 2.96. The number of halogens is 1. The predicted molar refractivity (Wildman–Crippen MR) is 59.0 cm³/mol. The first-order valence-corrected chi connectivity index (χ1v) is 6.86. The van der Waals surface area contributed by atoms with E-state index in [2.05, 4.69) is 15.9 Å². The van der Waals surface area contributed by atoms with Crippen molar-refractivity contribution in [3.8, 4) is 0 Å². The van der Waals surface area contributed by atoms with Crippen LogP contribution in [-0.4, -0.2) is 23.9 Å². The first kappa shape index (κ1) is 11.7. The van der Waals surface area contributed by atoms with Gasteiger partial charge in [0.1, 0.15) is 10.3 Å². The molecule has 0 aromatic heterocycles. The van der Waals surface area contributed by atoms with Crippen LogP contribution in [0.3, 0.4) is 0 Å². The highest BCUT2D eigenvalue weighted by Gasteiger charge is 2.26. The molecule has 0 amide bonds. The van der Waals surface area contributed by atoms with E-state index in [4.69, 9.17) is 0 Å². The first-order chi connectivity index (χ1) is 6.43. The molecule has 0 heterocycles. The van der Waals surface area contributed by atoms with Crippen LogP contribution >= 0.6 is 15.9 Å². The zero-order chi connectivity index (χ0) is 10.8. The van der Waals surface area contributed by atoms with Crippen molar-refractivity contribution in [2.24, 2.45) is 0 Å². The second-order valence-corrected chi connectivity index (χ2v) is 6.80. The minimum atomic E-state index is -3.28. The van der Waals surface area contributed by atoms with Crippen LogP contribution in [0.5, 0.6) is 0 Å². The number of benzene rings is 1. The lowest BCUT2D eigenvalue weighted by molar-refractivity contribution is 0.195. The molecule has 0 fully saturated rings. The van der Waals surface area contributed by atoms with E-state index in [-0.39, 0.29) is 0 Å². The number of aliphatic hydroxyl groups is 1. The Bertz CT molecular complexity index is 388. The number of sulfone groups is 1. The van der Waals surface area contributed by atoms with Gasteiger partial charge in [-0.05, 0) is 5.56 Å². The molecule has 14 heavy (non-hydrogen) atoms. The Morgan fingerprint density at radius 2 is 1.79 bits per heavy atom. The van der Waals surface area contributed by atoms with Gasteiger partial charge >= 0.3 is 0 Å². The topological polar surface area (TPSA) is 54.4 Å². The Labute approximate surface area is 91.8 Å². The maximum absolute atomic E-state index is 11.1. The summed E-state index contributed by atoms with van der Waals surface area (Å²) in [6.07, 6.45) is 0.0460. The Hall–Kier alpha value is -0.390. The van der Waals surface area contributed by atoms with E-state index in [0.29, 0.717) is 5.56 Å². The van der Waals surface area contributed by atoms with Crippen LogP contribution in [-0.2, 0) is 9.84 Å². The molecule has 1 rings (SSSR count). The van der Waals surface area contributed by atoms with Gasteiger partial charge in [-0.3, -0.25) is 0 Å². The van der Waals surface area contributed by atoms with Gasteiger partial charge in [0, 0.05) is 6.26 Å². The molecule has 0 saturated carbocycles. The molecule has 2 atom stereocenters. The monoisotopic (exact) mass is 278 g/mol. The standard InChI is InChI=1S/C9H11BrO3S/c1-14(12,13)9(10)8(11)7-5-3-2-4-6-7/h2-6,8-9,11H,1H3/t8-,9-/m0/s1. The fraction of sp³-hybridized carbons (Fsp3) is 0.333. The molecule has 0 aliphatic carbocycles. The lowest BCUT2D eigenvalue weighted by Crippen LogP contribution is -2.21. The molecule has 0 aliphatic rings. The molecule has 3 nitrogen and oxygen atoms in total. The second kappa shape index (κ2) is 4.42. The highest BCUT2D eigenvalue weighted by Crippen LogP contribution is 2.25. The summed E-state index contributed by atoms with van der Waals surface area (Å²) < 4.78 is 21.3. The van der Waals surface area contributed by atoms with Gasteiger partial charge in [0.25, 0.3) is 0 Å². The number of rotatable bonds is 3. The van der Waals surface area contributed by atoms with Crippen molar-refractivity contribution in [3.05, 3.63) is 35.9 Å². The normalized spacial score (nSPS) is 16.2. The molecule has 5 heteroatoms. The molecular weight excluding hydrogens is 268 g/mol. The predicted octanol–water partition coefficient (Wildman–Crippen LogP) is 1.49. The van der Waals surface area contributed by atoms with Crippen molar-refractivity contribution in [2.45, 2.75) is 10.3 Å². The van der Waals surface area contributed by atoms with Crippen molar-refractivity contribution in [2.75, 3.05) is 6.26 Å². The maximum Gasteiger partial charge on any atom is 0.163 e. The van der Waals surface area contributed by atoms with E-state index in [1.165, 1.54) is 0 Å². The van der Waals surface area contributed by atoms with Gasteiger partial charge in [0.15, 0.2) is 9.84 Å². The van der Waals surface area contributed by atoms with E-state index >= 15 is 0 Å². The first-order valence-electron chi connectivity index (χ1n) is 3.99. The summed E-state index contributed by atoms with van der Waals surface area (Å²) in [4.78, 5) is 0. The average molecular weight is 279 g/mol. The van der Waals surface area contributed by atoms with Gasteiger partial charge in [-0.15, -0.1) is 0 Å². The van der Waals surface area contributed by atoms with Gasteiger partial charge in [-0.1, -0.05) is 46.3 Å². The summed E-state index contributed by atoms with van der Waals surface area (Å²) in [6, 6.07) is 8.68. The van der Waals surface area contributed by atoms with Crippen LogP contribution in [0.15, 0.2) is 30.3 Å². The molecule has 1 aromatic carbocycles. The SMILES string of the molecule is CS(=O)(=O)[C@H](Br)[C@@H](O)c1ccccc1. The van der Waals surface area contributed by atoms with Crippen LogP contribution in [0.2, 0.25) is 0 Å². The highest BCUT2D eigenvalue weighted by atomic mass is 79.9. The molecule has 0 unspecified atom stereocenters. The second-order valence-electron chi connectivity index (χ2n) is 3.04. The van der Waals surface area contributed by atoms with Gasteiger partial charge in [0.05, 0.1) is 0 Å².